The van der Waals surface area contributed by atoms with Crippen molar-refractivity contribution in [3.05, 3.63) is 47.4 Å². The van der Waals surface area contributed by atoms with Crippen LogP contribution in [0.1, 0.15) is 21.6 Å². The fourth-order valence-electron chi connectivity index (χ4n) is 2.37. The summed E-state index contributed by atoms with van der Waals surface area (Å²) in [7, 11) is 1.37. The van der Waals surface area contributed by atoms with E-state index in [4.69, 9.17) is 4.74 Å². The van der Waals surface area contributed by atoms with Gasteiger partial charge in [0.05, 0.1) is 18.4 Å². The van der Waals surface area contributed by atoms with Gasteiger partial charge in [-0.15, -0.1) is 0 Å². The molecular weight excluding hydrogens is 268 g/mol. The number of carbonyl (C=O) groups excluding carboxylic acids is 1. The van der Waals surface area contributed by atoms with Gasteiger partial charge in [-0.25, -0.2) is 14.8 Å². The molecule has 108 valence electrons. The molecule has 0 saturated carbocycles. The minimum Gasteiger partial charge on any atom is -0.465 e. The first kappa shape index (κ1) is 13.5. The Kier molecular flexibility index (Phi) is 3.79. The zero-order valence-corrected chi connectivity index (χ0v) is 11.7. The Morgan fingerprint density at radius 2 is 2.29 bits per heavy atom. The zero-order valence-electron chi connectivity index (χ0n) is 11.7. The van der Waals surface area contributed by atoms with Crippen molar-refractivity contribution >= 4 is 17.5 Å². The van der Waals surface area contributed by atoms with Crippen LogP contribution in [0.4, 0.5) is 11.5 Å². The zero-order chi connectivity index (χ0) is 14.7. The van der Waals surface area contributed by atoms with E-state index in [1.807, 2.05) is 12.1 Å². The normalized spacial score (nSPS) is 13.4. The van der Waals surface area contributed by atoms with E-state index in [1.165, 1.54) is 7.11 Å². The maximum Gasteiger partial charge on any atom is 0.337 e. The van der Waals surface area contributed by atoms with E-state index in [2.05, 4.69) is 20.6 Å². The molecule has 0 unspecified atom stereocenters. The molecule has 2 aromatic rings. The van der Waals surface area contributed by atoms with Crippen LogP contribution in [-0.4, -0.2) is 29.6 Å². The van der Waals surface area contributed by atoms with Gasteiger partial charge in [-0.1, -0.05) is 6.07 Å². The number of fused-ring (bicyclic) bond motifs is 1. The van der Waals surface area contributed by atoms with Crippen LogP contribution < -0.4 is 10.6 Å². The molecular formula is C15H16N4O2. The van der Waals surface area contributed by atoms with Crippen LogP contribution in [0, 0.1) is 0 Å². The largest absolute Gasteiger partial charge is 0.465 e. The number of nitrogens with zero attached hydrogens (tertiary/aromatic N) is 2. The number of ether oxygens (including phenoxy) is 1. The lowest BCUT2D eigenvalue weighted by atomic mass is 10.1. The molecule has 6 nitrogen and oxygen atoms in total. The van der Waals surface area contributed by atoms with Gasteiger partial charge >= 0.3 is 5.97 Å². The second kappa shape index (κ2) is 5.88. The number of esters is 1. The second-order valence-electron chi connectivity index (χ2n) is 4.77. The molecule has 2 N–H and O–H groups in total. The van der Waals surface area contributed by atoms with Gasteiger partial charge in [0.1, 0.15) is 12.1 Å². The summed E-state index contributed by atoms with van der Waals surface area (Å²) in [6.07, 6.45) is 2.44. The van der Waals surface area contributed by atoms with E-state index in [0.717, 1.165) is 42.3 Å². The van der Waals surface area contributed by atoms with Crippen molar-refractivity contribution in [2.45, 2.75) is 13.0 Å². The molecule has 0 aliphatic carbocycles. The fourth-order valence-corrected chi connectivity index (χ4v) is 2.37. The summed E-state index contributed by atoms with van der Waals surface area (Å²) >= 11 is 0. The number of anilines is 2. The second-order valence-corrected chi connectivity index (χ2v) is 4.77. The first-order valence-corrected chi connectivity index (χ1v) is 6.77. The fraction of sp³-hybridized carbons (Fsp3) is 0.267. The molecule has 0 spiro atoms. The van der Waals surface area contributed by atoms with Gasteiger partial charge in [-0.3, -0.25) is 0 Å². The van der Waals surface area contributed by atoms with E-state index in [0.29, 0.717) is 5.56 Å². The van der Waals surface area contributed by atoms with Crippen LogP contribution in [0.15, 0.2) is 30.6 Å². The van der Waals surface area contributed by atoms with E-state index in [1.54, 1.807) is 18.5 Å². The van der Waals surface area contributed by atoms with Crippen LogP contribution in [0.25, 0.3) is 0 Å². The summed E-state index contributed by atoms with van der Waals surface area (Å²) in [5.74, 6) is 0.441. The van der Waals surface area contributed by atoms with Gasteiger partial charge in [0.15, 0.2) is 0 Å². The third-order valence-electron chi connectivity index (χ3n) is 3.43. The molecule has 21 heavy (non-hydrogen) atoms. The molecule has 2 heterocycles. The molecule has 0 amide bonds. The van der Waals surface area contributed by atoms with E-state index in [9.17, 15) is 4.79 Å². The Balaban J connectivity index is 1.89. The molecule has 0 saturated heterocycles. The minimum absolute atomic E-state index is 0.354. The van der Waals surface area contributed by atoms with Crippen molar-refractivity contribution in [3.8, 4) is 0 Å². The standard InChI is InChI=1S/C15H16N4O2/c1-21-15(20)10-3-2-4-11(7-10)19-14-12-5-6-16-8-13(12)17-9-18-14/h2-4,7,9,16H,5-6,8H2,1H3,(H,17,18,19). The van der Waals surface area contributed by atoms with Gasteiger partial charge in [-0.2, -0.15) is 0 Å². The molecule has 3 rings (SSSR count). The number of benzene rings is 1. The minimum atomic E-state index is -0.354. The predicted octanol–water partition coefficient (Wildman–Crippen LogP) is 1.65. The lowest BCUT2D eigenvalue weighted by Gasteiger charge is -2.19. The van der Waals surface area contributed by atoms with Crippen LogP contribution in [-0.2, 0) is 17.7 Å². The lowest BCUT2D eigenvalue weighted by Crippen LogP contribution is -2.25. The molecule has 0 fully saturated rings. The van der Waals surface area contributed by atoms with Crippen LogP contribution >= 0.6 is 0 Å². The van der Waals surface area contributed by atoms with E-state index < -0.39 is 0 Å². The lowest BCUT2D eigenvalue weighted by molar-refractivity contribution is 0.0601. The molecule has 1 aliphatic heterocycles. The number of hydrogen-bond donors (Lipinski definition) is 2. The quantitative estimate of drug-likeness (QED) is 0.835. The molecule has 6 heteroatoms. The number of methoxy groups -OCH3 is 1. The topological polar surface area (TPSA) is 76.1 Å². The number of carbonyl (C=O) groups is 1. The van der Waals surface area contributed by atoms with Gasteiger partial charge in [0.25, 0.3) is 0 Å². The molecule has 1 aromatic heterocycles. The molecule has 1 aliphatic rings. The summed E-state index contributed by atoms with van der Waals surface area (Å²) in [5, 5.41) is 6.55. The monoisotopic (exact) mass is 284 g/mol. The highest BCUT2D eigenvalue weighted by Gasteiger charge is 2.15. The summed E-state index contributed by atoms with van der Waals surface area (Å²) in [6, 6.07) is 7.17. The van der Waals surface area contributed by atoms with Crippen LogP contribution in [0.5, 0.6) is 0 Å². The Morgan fingerprint density at radius 1 is 1.38 bits per heavy atom. The smallest absolute Gasteiger partial charge is 0.337 e. The first-order valence-electron chi connectivity index (χ1n) is 6.77. The van der Waals surface area contributed by atoms with Gasteiger partial charge in [0, 0.05) is 17.8 Å². The third-order valence-corrected chi connectivity index (χ3v) is 3.43. The summed E-state index contributed by atoms with van der Waals surface area (Å²) in [5.41, 5.74) is 3.45. The Hall–Kier alpha value is -2.47. The summed E-state index contributed by atoms with van der Waals surface area (Å²) in [4.78, 5) is 20.2. The molecule has 0 radical (unpaired) electrons. The van der Waals surface area contributed by atoms with Gasteiger partial charge in [-0.05, 0) is 31.2 Å². The number of nitrogens with one attached hydrogen (secondary N) is 2. The summed E-state index contributed by atoms with van der Waals surface area (Å²) in [6.45, 7) is 1.67. The highest BCUT2D eigenvalue weighted by Crippen LogP contribution is 2.23. The highest BCUT2D eigenvalue weighted by atomic mass is 16.5. The van der Waals surface area contributed by atoms with Crippen molar-refractivity contribution in [2.24, 2.45) is 0 Å². The number of aromatic nitrogens is 2. The van der Waals surface area contributed by atoms with Crippen molar-refractivity contribution in [1.29, 1.82) is 0 Å². The van der Waals surface area contributed by atoms with Gasteiger partial charge in [0.2, 0.25) is 0 Å². The predicted molar refractivity (Wildman–Crippen MR) is 78.5 cm³/mol. The Bertz CT molecular complexity index is 672. The highest BCUT2D eigenvalue weighted by molar-refractivity contribution is 5.90. The van der Waals surface area contributed by atoms with E-state index in [-0.39, 0.29) is 5.97 Å². The number of hydrogen-bond acceptors (Lipinski definition) is 6. The molecule has 0 atom stereocenters. The van der Waals surface area contributed by atoms with Gasteiger partial charge < -0.3 is 15.4 Å². The van der Waals surface area contributed by atoms with Crippen molar-refractivity contribution in [3.63, 3.8) is 0 Å². The van der Waals surface area contributed by atoms with E-state index >= 15 is 0 Å². The first-order chi connectivity index (χ1) is 10.3. The average Bonchev–Trinajstić information content (AvgIpc) is 2.55. The maximum absolute atomic E-state index is 11.6. The molecule has 1 aromatic carbocycles. The molecule has 0 bridgehead atoms. The third kappa shape index (κ3) is 2.85. The van der Waals surface area contributed by atoms with Crippen LogP contribution in [0.2, 0.25) is 0 Å². The Labute approximate surface area is 122 Å². The summed E-state index contributed by atoms with van der Waals surface area (Å²) < 4.78 is 4.73. The number of rotatable bonds is 3. The van der Waals surface area contributed by atoms with Crippen molar-refractivity contribution < 1.29 is 9.53 Å². The maximum atomic E-state index is 11.6. The Morgan fingerprint density at radius 3 is 3.14 bits per heavy atom. The van der Waals surface area contributed by atoms with Crippen LogP contribution in [0.3, 0.4) is 0 Å². The van der Waals surface area contributed by atoms with Crippen molar-refractivity contribution in [1.82, 2.24) is 15.3 Å². The SMILES string of the molecule is COC(=O)c1cccc(Nc2ncnc3c2CCNC3)c1. The van der Waals surface area contributed by atoms with Crippen molar-refractivity contribution in [2.75, 3.05) is 19.0 Å². The average molecular weight is 284 g/mol.